The minimum absolute atomic E-state index is 0.158. The second-order valence-corrected chi connectivity index (χ2v) is 8.44. The number of amides is 2. The van der Waals surface area contributed by atoms with Crippen LogP contribution in [0.25, 0.3) is 10.9 Å². The van der Waals surface area contributed by atoms with E-state index in [1.807, 2.05) is 6.07 Å². The van der Waals surface area contributed by atoms with Crippen LogP contribution in [0.1, 0.15) is 40.3 Å². The first-order valence-corrected chi connectivity index (χ1v) is 10.8. The molecule has 8 nitrogen and oxygen atoms in total. The summed E-state index contributed by atoms with van der Waals surface area (Å²) in [6.07, 6.45) is 0. The number of hydrazine groups is 1. The van der Waals surface area contributed by atoms with Crippen LogP contribution in [-0.4, -0.2) is 33.4 Å². The summed E-state index contributed by atoms with van der Waals surface area (Å²) in [5.41, 5.74) is 5.26. The molecule has 4 aromatic rings. The van der Waals surface area contributed by atoms with Gasteiger partial charge in [0, 0.05) is 21.5 Å². The highest BCUT2D eigenvalue weighted by Crippen LogP contribution is 2.21. The van der Waals surface area contributed by atoms with E-state index >= 15 is 0 Å². The first-order valence-electron chi connectivity index (χ1n) is 10.4. The number of nitrogens with one attached hydrogen (secondary N) is 3. The van der Waals surface area contributed by atoms with Gasteiger partial charge in [0.25, 0.3) is 11.8 Å². The zero-order valence-electron chi connectivity index (χ0n) is 18.4. The number of halogens is 1. The number of para-hydroxylation sites is 1. The average Bonchev–Trinajstić information content (AvgIpc) is 3.27. The molecule has 3 N–H and O–H groups in total. The van der Waals surface area contributed by atoms with Gasteiger partial charge in [-0.15, -0.1) is 0 Å². The van der Waals surface area contributed by atoms with Gasteiger partial charge in [0.05, 0.1) is 5.52 Å². The zero-order chi connectivity index (χ0) is 24.3. The minimum Gasteiger partial charge on any atom is -0.478 e. The summed E-state index contributed by atoms with van der Waals surface area (Å²) >= 11 is 5.87. The molecule has 0 aliphatic carbocycles. The van der Waals surface area contributed by atoms with Gasteiger partial charge >= 0.3 is 0 Å². The van der Waals surface area contributed by atoms with Crippen molar-refractivity contribution in [1.82, 2.24) is 21.0 Å². The van der Waals surface area contributed by atoms with E-state index in [1.54, 1.807) is 80.6 Å². The van der Waals surface area contributed by atoms with Crippen LogP contribution in [0.3, 0.4) is 0 Å². The number of benzene rings is 3. The molecule has 2 amide bonds. The quantitative estimate of drug-likeness (QED) is 0.287. The van der Waals surface area contributed by atoms with E-state index in [1.165, 1.54) is 0 Å². The smallest absolute Gasteiger partial charge is 0.290 e. The number of rotatable bonds is 6. The topological polar surface area (TPSA) is 113 Å². The lowest BCUT2D eigenvalue weighted by atomic mass is 10.0. The van der Waals surface area contributed by atoms with Gasteiger partial charge in [0.1, 0.15) is 5.75 Å². The molecular formula is C25H21ClN4O4. The molecule has 3 aromatic carbocycles. The number of nitrogens with zero attached hydrogens (tertiary/aromatic N) is 1. The SMILES string of the molecule is CC(C)(Oc1ccc(C(=O)c2ccc(Cl)cc2)cc1)C(=O)NNC(=O)c1n[nH]c2ccccc12. The van der Waals surface area contributed by atoms with Gasteiger partial charge in [0.15, 0.2) is 17.1 Å². The Balaban J connectivity index is 1.37. The number of hydrogen-bond acceptors (Lipinski definition) is 5. The van der Waals surface area contributed by atoms with Crippen molar-refractivity contribution in [2.24, 2.45) is 0 Å². The van der Waals surface area contributed by atoms with Crippen LogP contribution in [0.2, 0.25) is 5.02 Å². The molecule has 0 bridgehead atoms. The second kappa shape index (κ2) is 9.36. The first-order chi connectivity index (χ1) is 16.2. The maximum absolute atomic E-state index is 12.7. The van der Waals surface area contributed by atoms with Gasteiger partial charge in [-0.05, 0) is 68.4 Å². The van der Waals surface area contributed by atoms with Crippen LogP contribution in [0.4, 0.5) is 0 Å². The maximum Gasteiger partial charge on any atom is 0.290 e. The van der Waals surface area contributed by atoms with Crippen LogP contribution >= 0.6 is 11.6 Å². The Morgan fingerprint density at radius 3 is 2.18 bits per heavy atom. The number of hydrogen-bond donors (Lipinski definition) is 3. The molecular weight excluding hydrogens is 456 g/mol. The molecule has 0 radical (unpaired) electrons. The molecule has 1 heterocycles. The number of aromatic nitrogens is 2. The van der Waals surface area contributed by atoms with Crippen molar-refractivity contribution < 1.29 is 19.1 Å². The zero-order valence-corrected chi connectivity index (χ0v) is 19.1. The fourth-order valence-corrected chi connectivity index (χ4v) is 3.37. The third-order valence-corrected chi connectivity index (χ3v) is 5.37. The Morgan fingerprint density at radius 2 is 1.50 bits per heavy atom. The van der Waals surface area contributed by atoms with Crippen LogP contribution in [0, 0.1) is 0 Å². The third-order valence-electron chi connectivity index (χ3n) is 5.12. The molecule has 0 fully saturated rings. The fraction of sp³-hybridized carbons (Fsp3) is 0.120. The molecule has 34 heavy (non-hydrogen) atoms. The van der Waals surface area contributed by atoms with Crippen LogP contribution in [0.15, 0.2) is 72.8 Å². The molecule has 9 heteroatoms. The Morgan fingerprint density at radius 1 is 0.882 bits per heavy atom. The van der Waals surface area contributed by atoms with Crippen LogP contribution in [-0.2, 0) is 4.79 Å². The summed E-state index contributed by atoms with van der Waals surface area (Å²) in [4.78, 5) is 37.7. The van der Waals surface area contributed by atoms with E-state index in [4.69, 9.17) is 16.3 Å². The average molecular weight is 477 g/mol. The normalized spacial score (nSPS) is 11.1. The lowest BCUT2D eigenvalue weighted by Crippen LogP contribution is -2.53. The Labute approximate surface area is 200 Å². The van der Waals surface area contributed by atoms with Gasteiger partial charge in [-0.1, -0.05) is 29.8 Å². The lowest BCUT2D eigenvalue weighted by Gasteiger charge is -2.25. The molecule has 0 atom stereocenters. The first kappa shape index (κ1) is 23.0. The summed E-state index contributed by atoms with van der Waals surface area (Å²) in [5, 5.41) is 7.95. The predicted octanol–water partition coefficient (Wildman–Crippen LogP) is 4.07. The lowest BCUT2D eigenvalue weighted by molar-refractivity contribution is -0.135. The Bertz CT molecular complexity index is 1360. The van der Waals surface area contributed by atoms with Gasteiger partial charge in [-0.2, -0.15) is 5.10 Å². The van der Waals surface area contributed by atoms with Crippen molar-refractivity contribution in [1.29, 1.82) is 0 Å². The van der Waals surface area contributed by atoms with E-state index in [0.717, 1.165) is 0 Å². The highest BCUT2D eigenvalue weighted by molar-refractivity contribution is 6.30. The van der Waals surface area contributed by atoms with E-state index in [2.05, 4.69) is 21.0 Å². The van der Waals surface area contributed by atoms with Gasteiger partial charge in [0.2, 0.25) is 0 Å². The summed E-state index contributed by atoms with van der Waals surface area (Å²) in [7, 11) is 0. The highest BCUT2D eigenvalue weighted by atomic mass is 35.5. The summed E-state index contributed by atoms with van der Waals surface area (Å²) in [6.45, 7) is 3.12. The van der Waals surface area contributed by atoms with Gasteiger partial charge in [-0.25, -0.2) is 0 Å². The molecule has 0 saturated heterocycles. The number of H-pyrrole nitrogens is 1. The number of ether oxygens (including phenoxy) is 1. The monoisotopic (exact) mass is 476 g/mol. The fourth-order valence-electron chi connectivity index (χ4n) is 3.24. The predicted molar refractivity (Wildman–Crippen MR) is 128 cm³/mol. The van der Waals surface area contributed by atoms with Crippen LogP contribution in [0.5, 0.6) is 5.75 Å². The van der Waals surface area contributed by atoms with Crippen LogP contribution < -0.4 is 15.6 Å². The largest absolute Gasteiger partial charge is 0.478 e. The van der Waals surface area contributed by atoms with Crippen molar-refractivity contribution in [3.8, 4) is 5.75 Å². The van der Waals surface area contributed by atoms with Crippen molar-refractivity contribution in [2.45, 2.75) is 19.4 Å². The standard InChI is InChI=1S/C25H21ClN4O4/c1-25(2,24(33)30-29-23(32)21-19-5-3-4-6-20(19)27-28-21)34-18-13-9-16(10-14-18)22(31)15-7-11-17(26)12-8-15/h3-14H,1-2H3,(H,27,28)(H,29,32)(H,30,33). The highest BCUT2D eigenvalue weighted by Gasteiger charge is 2.31. The molecule has 0 spiro atoms. The summed E-state index contributed by atoms with van der Waals surface area (Å²) in [5.74, 6) is -0.903. The molecule has 0 aliphatic heterocycles. The van der Waals surface area contributed by atoms with Gasteiger partial charge < -0.3 is 4.74 Å². The molecule has 172 valence electrons. The number of aromatic amines is 1. The number of carbonyl (C=O) groups excluding carboxylic acids is 3. The van der Waals surface area contributed by atoms with E-state index < -0.39 is 17.4 Å². The molecule has 0 saturated carbocycles. The van der Waals surface area contributed by atoms with Crippen molar-refractivity contribution in [3.05, 3.63) is 94.6 Å². The second-order valence-electron chi connectivity index (χ2n) is 8.00. The van der Waals surface area contributed by atoms with E-state index in [0.29, 0.717) is 32.8 Å². The minimum atomic E-state index is -1.32. The van der Waals surface area contributed by atoms with Crippen molar-refractivity contribution in [3.63, 3.8) is 0 Å². The van der Waals surface area contributed by atoms with Crippen molar-refractivity contribution in [2.75, 3.05) is 0 Å². The molecule has 0 unspecified atom stereocenters. The summed E-state index contributed by atoms with van der Waals surface area (Å²) in [6, 6.07) is 20.2. The molecule has 4 rings (SSSR count). The molecule has 1 aromatic heterocycles. The number of carbonyl (C=O) groups is 3. The van der Waals surface area contributed by atoms with E-state index in [9.17, 15) is 14.4 Å². The Hall–Kier alpha value is -4.17. The van der Waals surface area contributed by atoms with Gasteiger partial charge in [-0.3, -0.25) is 30.3 Å². The third kappa shape index (κ3) is 4.92. The number of fused-ring (bicyclic) bond motifs is 1. The molecule has 0 aliphatic rings. The van der Waals surface area contributed by atoms with Crippen molar-refractivity contribution >= 4 is 40.1 Å². The summed E-state index contributed by atoms with van der Waals surface area (Å²) < 4.78 is 5.80. The maximum atomic E-state index is 12.7. The number of ketones is 1. The van der Waals surface area contributed by atoms with E-state index in [-0.39, 0.29) is 11.5 Å². The Kier molecular flexibility index (Phi) is 6.34.